The first-order chi connectivity index (χ1) is 12.3. The molecule has 0 aromatic carbocycles. The van der Waals surface area contributed by atoms with Crippen LogP contribution in [0.2, 0.25) is 0 Å². The van der Waals surface area contributed by atoms with Gasteiger partial charge < -0.3 is 14.3 Å². The number of aromatic nitrogens is 1. The highest BCUT2D eigenvalue weighted by Crippen LogP contribution is 2.33. The van der Waals surface area contributed by atoms with E-state index in [1.807, 2.05) is 0 Å². The Hall–Kier alpha value is -1.90. The summed E-state index contributed by atoms with van der Waals surface area (Å²) in [6.07, 6.45) is 2.87. The van der Waals surface area contributed by atoms with Gasteiger partial charge in [0.2, 0.25) is 11.8 Å². The van der Waals surface area contributed by atoms with Crippen LogP contribution in [0.15, 0.2) is 10.6 Å². The summed E-state index contributed by atoms with van der Waals surface area (Å²) in [4.78, 5) is 28.8. The molecule has 9 heteroatoms. The first-order valence-electron chi connectivity index (χ1n) is 9.06. The minimum absolute atomic E-state index is 0.0263. The van der Waals surface area contributed by atoms with E-state index in [0.29, 0.717) is 24.5 Å². The molecular formula is C17H23N3O5S. The normalized spacial score (nSPS) is 27.9. The second-order valence-electron chi connectivity index (χ2n) is 7.57. The lowest BCUT2D eigenvalue weighted by atomic mass is 9.83. The summed E-state index contributed by atoms with van der Waals surface area (Å²) in [6, 6.07) is 0.813. The fourth-order valence-electron chi connectivity index (χ4n) is 4.18. The molecule has 0 spiro atoms. The molecule has 1 aromatic rings. The number of hydrogen-bond acceptors (Lipinski definition) is 6. The van der Waals surface area contributed by atoms with E-state index < -0.39 is 21.9 Å². The molecule has 1 aliphatic carbocycles. The highest BCUT2D eigenvalue weighted by Gasteiger charge is 2.50. The zero-order valence-corrected chi connectivity index (χ0v) is 15.6. The van der Waals surface area contributed by atoms with Crippen LogP contribution in [0.5, 0.6) is 0 Å². The van der Waals surface area contributed by atoms with Gasteiger partial charge in [-0.25, -0.2) is 8.42 Å². The standard InChI is InChI=1S/C17H23N3O5S/c1-11-7-13(25-18-11)8-16(21)19-5-6-20(17(22)12-3-2-4-12)15-10-26(23,24)9-14(15)19/h7,12,14-15H,2-6,8-10H2,1H3/t14-,15+/m0/s1. The maximum absolute atomic E-state index is 12.7. The van der Waals surface area contributed by atoms with Gasteiger partial charge in [-0.2, -0.15) is 0 Å². The predicted octanol–water partition coefficient (Wildman–Crippen LogP) is 0.162. The molecule has 3 heterocycles. The molecule has 8 nitrogen and oxygen atoms in total. The van der Waals surface area contributed by atoms with E-state index in [1.165, 1.54) is 0 Å². The molecule has 4 rings (SSSR count). The topological polar surface area (TPSA) is 101 Å². The van der Waals surface area contributed by atoms with E-state index in [4.69, 9.17) is 4.52 Å². The maximum Gasteiger partial charge on any atom is 0.230 e. The van der Waals surface area contributed by atoms with Crippen LogP contribution in [0.25, 0.3) is 0 Å². The summed E-state index contributed by atoms with van der Waals surface area (Å²) in [5, 5.41) is 3.78. The molecule has 1 aromatic heterocycles. The van der Waals surface area contributed by atoms with Gasteiger partial charge in [0, 0.05) is 25.1 Å². The molecule has 0 radical (unpaired) electrons. The van der Waals surface area contributed by atoms with Gasteiger partial charge in [0.1, 0.15) is 5.76 Å². The van der Waals surface area contributed by atoms with Crippen LogP contribution >= 0.6 is 0 Å². The number of carbonyl (C=O) groups is 2. The number of fused-ring (bicyclic) bond motifs is 1. The van der Waals surface area contributed by atoms with Crippen LogP contribution in [-0.4, -0.2) is 71.9 Å². The van der Waals surface area contributed by atoms with Crippen LogP contribution in [-0.2, 0) is 25.8 Å². The van der Waals surface area contributed by atoms with Gasteiger partial charge in [0.05, 0.1) is 35.7 Å². The van der Waals surface area contributed by atoms with Crippen LogP contribution < -0.4 is 0 Å². The van der Waals surface area contributed by atoms with Crippen molar-refractivity contribution in [3.8, 4) is 0 Å². The van der Waals surface area contributed by atoms with E-state index in [0.717, 1.165) is 19.3 Å². The molecule has 142 valence electrons. The molecule has 3 fully saturated rings. The summed E-state index contributed by atoms with van der Waals surface area (Å²) >= 11 is 0. The highest BCUT2D eigenvalue weighted by atomic mass is 32.2. The number of hydrogen-bond donors (Lipinski definition) is 0. The van der Waals surface area contributed by atoms with Crippen molar-refractivity contribution >= 4 is 21.7 Å². The zero-order valence-electron chi connectivity index (χ0n) is 14.8. The van der Waals surface area contributed by atoms with Crippen LogP contribution in [0.3, 0.4) is 0 Å². The lowest BCUT2D eigenvalue weighted by Gasteiger charge is -2.45. The molecular weight excluding hydrogens is 358 g/mol. The van der Waals surface area contributed by atoms with Crippen molar-refractivity contribution < 1.29 is 22.5 Å². The van der Waals surface area contributed by atoms with Crippen LogP contribution in [0, 0.1) is 12.8 Å². The zero-order chi connectivity index (χ0) is 18.5. The second-order valence-corrected chi connectivity index (χ2v) is 9.72. The van der Waals surface area contributed by atoms with Gasteiger partial charge in [0.15, 0.2) is 9.84 Å². The van der Waals surface area contributed by atoms with Crippen molar-refractivity contribution in [3.05, 3.63) is 17.5 Å². The van der Waals surface area contributed by atoms with Crippen LogP contribution in [0.4, 0.5) is 0 Å². The van der Waals surface area contributed by atoms with E-state index in [2.05, 4.69) is 5.16 Å². The second kappa shape index (κ2) is 6.37. The van der Waals surface area contributed by atoms with Crippen LogP contribution in [0.1, 0.15) is 30.7 Å². The third kappa shape index (κ3) is 3.13. The summed E-state index contributed by atoms with van der Waals surface area (Å²) in [5.41, 5.74) is 0.699. The number of aryl methyl sites for hydroxylation is 1. The van der Waals surface area contributed by atoms with Gasteiger partial charge in [0.25, 0.3) is 0 Å². The summed E-state index contributed by atoms with van der Waals surface area (Å²) < 4.78 is 29.6. The van der Waals surface area contributed by atoms with Gasteiger partial charge in [-0.1, -0.05) is 11.6 Å². The molecule has 3 aliphatic rings. The fraction of sp³-hybridized carbons (Fsp3) is 0.706. The Morgan fingerprint density at radius 2 is 1.85 bits per heavy atom. The molecule has 1 saturated carbocycles. The number of carbonyl (C=O) groups excluding carboxylic acids is 2. The third-order valence-corrected chi connectivity index (χ3v) is 7.43. The number of sulfone groups is 1. The summed E-state index contributed by atoms with van der Waals surface area (Å²) in [7, 11) is -3.27. The Bertz CT molecular complexity index is 829. The largest absolute Gasteiger partial charge is 0.361 e. The van der Waals surface area contributed by atoms with Gasteiger partial charge in [-0.05, 0) is 19.8 Å². The fourth-order valence-corrected chi connectivity index (χ4v) is 6.16. The molecule has 0 N–H and O–H groups in total. The maximum atomic E-state index is 12.7. The molecule has 0 bridgehead atoms. The lowest BCUT2D eigenvalue weighted by molar-refractivity contribution is -0.149. The van der Waals surface area contributed by atoms with E-state index in [1.54, 1.807) is 22.8 Å². The highest BCUT2D eigenvalue weighted by molar-refractivity contribution is 7.91. The van der Waals surface area contributed by atoms with Crippen molar-refractivity contribution in [2.24, 2.45) is 5.92 Å². The van der Waals surface area contributed by atoms with Crippen molar-refractivity contribution in [3.63, 3.8) is 0 Å². The molecule has 26 heavy (non-hydrogen) atoms. The van der Waals surface area contributed by atoms with Gasteiger partial charge in [-0.3, -0.25) is 9.59 Å². The summed E-state index contributed by atoms with van der Waals surface area (Å²) in [5.74, 6) is 0.246. The van der Waals surface area contributed by atoms with E-state index in [-0.39, 0.29) is 35.7 Å². The SMILES string of the molecule is Cc1cc(CC(=O)N2CCN(C(=O)C3CCC3)[C@@H]3CS(=O)(=O)C[C@@H]32)on1. The number of rotatable bonds is 3. The first kappa shape index (κ1) is 17.5. The Kier molecular flexibility index (Phi) is 4.29. The average Bonchev–Trinajstić information content (AvgIpc) is 3.05. The van der Waals surface area contributed by atoms with Crippen molar-refractivity contribution in [1.29, 1.82) is 0 Å². The molecule has 2 amide bonds. The summed E-state index contributed by atoms with van der Waals surface area (Å²) in [6.45, 7) is 2.54. The quantitative estimate of drug-likeness (QED) is 0.739. The Labute approximate surface area is 152 Å². The minimum atomic E-state index is -3.27. The van der Waals surface area contributed by atoms with Crippen molar-refractivity contribution in [2.75, 3.05) is 24.6 Å². The van der Waals surface area contributed by atoms with Gasteiger partial charge >= 0.3 is 0 Å². The average molecular weight is 381 g/mol. The van der Waals surface area contributed by atoms with E-state index >= 15 is 0 Å². The Balaban J connectivity index is 1.53. The minimum Gasteiger partial charge on any atom is -0.361 e. The molecule has 2 atom stereocenters. The molecule has 0 unspecified atom stereocenters. The predicted molar refractivity (Wildman–Crippen MR) is 91.9 cm³/mol. The number of piperazine rings is 1. The first-order valence-corrected chi connectivity index (χ1v) is 10.9. The third-order valence-electron chi connectivity index (χ3n) is 5.74. The lowest BCUT2D eigenvalue weighted by Crippen LogP contribution is -2.63. The van der Waals surface area contributed by atoms with E-state index in [9.17, 15) is 18.0 Å². The smallest absolute Gasteiger partial charge is 0.230 e. The Morgan fingerprint density at radius 3 is 2.42 bits per heavy atom. The van der Waals surface area contributed by atoms with Gasteiger partial charge in [-0.15, -0.1) is 0 Å². The number of amides is 2. The molecule has 2 aliphatic heterocycles. The van der Waals surface area contributed by atoms with Crippen molar-refractivity contribution in [1.82, 2.24) is 15.0 Å². The monoisotopic (exact) mass is 381 g/mol. The van der Waals surface area contributed by atoms with Crippen molar-refractivity contribution in [2.45, 2.75) is 44.7 Å². The molecule has 2 saturated heterocycles. The number of nitrogens with zero attached hydrogens (tertiary/aromatic N) is 3. The Morgan fingerprint density at radius 1 is 1.19 bits per heavy atom.